The smallest absolute Gasteiger partial charge is 0.0324 e. The molecule has 0 fully saturated rings. The molecule has 0 amide bonds. The maximum atomic E-state index is 2.80. The van der Waals surface area contributed by atoms with Crippen molar-refractivity contribution in [3.05, 3.63) is 6.42 Å². The van der Waals surface area contributed by atoms with Crippen LogP contribution in [-0.4, -0.2) is 0 Å². The predicted octanol–water partition coefficient (Wildman–Crippen LogP) is 9.13. The summed E-state index contributed by atoms with van der Waals surface area (Å²) in [7, 11) is 0. The number of unbranched alkanes of at least 4 members (excludes halogenated alkanes) is 9. The molecule has 24 heavy (non-hydrogen) atoms. The Hall–Kier alpha value is 0. The third kappa shape index (κ3) is 15.5. The fraction of sp³-hybridized carbons (Fsp3) is 0.958. The second-order valence-electron chi connectivity index (χ2n) is 8.05. The Morgan fingerprint density at radius 1 is 0.417 bits per heavy atom. The lowest BCUT2D eigenvalue weighted by Gasteiger charge is -2.23. The summed E-state index contributed by atoms with van der Waals surface area (Å²) in [6, 6.07) is 0. The zero-order valence-electron chi connectivity index (χ0n) is 17.8. The van der Waals surface area contributed by atoms with Crippen LogP contribution in [0.25, 0.3) is 0 Å². The SMILES string of the molecule is CCCCCCCCC([CH]C(CCCC)CCCCCC)CCC. The van der Waals surface area contributed by atoms with E-state index >= 15 is 0 Å². The first kappa shape index (κ1) is 24.0. The van der Waals surface area contributed by atoms with E-state index in [0.717, 1.165) is 11.8 Å². The first-order valence-corrected chi connectivity index (χ1v) is 11.6. The van der Waals surface area contributed by atoms with Gasteiger partial charge in [0.05, 0.1) is 0 Å². The van der Waals surface area contributed by atoms with Crippen LogP contribution >= 0.6 is 0 Å². The van der Waals surface area contributed by atoms with Crippen molar-refractivity contribution in [2.45, 2.75) is 137 Å². The summed E-state index contributed by atoms with van der Waals surface area (Å²) in [5.74, 6) is 1.80. The van der Waals surface area contributed by atoms with Crippen molar-refractivity contribution in [2.75, 3.05) is 0 Å². The van der Waals surface area contributed by atoms with Crippen molar-refractivity contribution in [1.29, 1.82) is 0 Å². The van der Waals surface area contributed by atoms with Gasteiger partial charge in [0, 0.05) is 0 Å². The largest absolute Gasteiger partial charge is 0.0654 e. The molecule has 2 unspecified atom stereocenters. The van der Waals surface area contributed by atoms with Gasteiger partial charge < -0.3 is 0 Å². The maximum absolute atomic E-state index is 2.80. The van der Waals surface area contributed by atoms with Gasteiger partial charge in [-0.05, 0) is 18.3 Å². The Bertz CT molecular complexity index is 220. The van der Waals surface area contributed by atoms with Gasteiger partial charge in [0.2, 0.25) is 0 Å². The lowest BCUT2D eigenvalue weighted by atomic mass is 9.82. The lowest BCUT2D eigenvalue weighted by Crippen LogP contribution is -2.11. The summed E-state index contributed by atoms with van der Waals surface area (Å²) in [6.45, 7) is 9.33. The molecule has 0 aliphatic carbocycles. The minimum absolute atomic E-state index is 0.897. The molecule has 0 saturated carbocycles. The molecule has 0 aliphatic heterocycles. The Labute approximate surface area is 155 Å². The van der Waals surface area contributed by atoms with Crippen LogP contribution in [0, 0.1) is 18.3 Å². The third-order valence-electron chi connectivity index (χ3n) is 5.49. The molecule has 0 aromatic heterocycles. The zero-order valence-corrected chi connectivity index (χ0v) is 17.8. The van der Waals surface area contributed by atoms with Gasteiger partial charge >= 0.3 is 0 Å². The van der Waals surface area contributed by atoms with Gasteiger partial charge in [0.1, 0.15) is 0 Å². The second kappa shape index (κ2) is 19.3. The van der Waals surface area contributed by atoms with E-state index in [0.29, 0.717) is 0 Å². The average molecular weight is 338 g/mol. The Morgan fingerprint density at radius 3 is 1.38 bits per heavy atom. The van der Waals surface area contributed by atoms with Gasteiger partial charge in [-0.3, -0.25) is 0 Å². The molecule has 1 radical (unpaired) electrons. The number of hydrogen-bond donors (Lipinski definition) is 0. The highest BCUT2D eigenvalue weighted by Crippen LogP contribution is 2.29. The third-order valence-corrected chi connectivity index (χ3v) is 5.49. The van der Waals surface area contributed by atoms with Crippen molar-refractivity contribution >= 4 is 0 Å². The average Bonchev–Trinajstić information content (AvgIpc) is 2.59. The minimum Gasteiger partial charge on any atom is -0.0654 e. The summed E-state index contributed by atoms with van der Waals surface area (Å²) < 4.78 is 0. The highest BCUT2D eigenvalue weighted by Gasteiger charge is 2.16. The van der Waals surface area contributed by atoms with E-state index < -0.39 is 0 Å². The molecule has 0 saturated heterocycles. The summed E-state index contributed by atoms with van der Waals surface area (Å²) >= 11 is 0. The van der Waals surface area contributed by atoms with Crippen molar-refractivity contribution in [1.82, 2.24) is 0 Å². The van der Waals surface area contributed by atoms with Crippen molar-refractivity contribution in [3.8, 4) is 0 Å². The van der Waals surface area contributed by atoms with Crippen molar-refractivity contribution < 1.29 is 0 Å². The van der Waals surface area contributed by atoms with Crippen LogP contribution in [-0.2, 0) is 0 Å². The van der Waals surface area contributed by atoms with E-state index in [1.54, 1.807) is 0 Å². The van der Waals surface area contributed by atoms with E-state index in [4.69, 9.17) is 0 Å². The molecule has 145 valence electrons. The second-order valence-corrected chi connectivity index (χ2v) is 8.05. The fourth-order valence-electron chi connectivity index (χ4n) is 3.92. The van der Waals surface area contributed by atoms with Gasteiger partial charge in [-0.2, -0.15) is 0 Å². The van der Waals surface area contributed by atoms with Gasteiger partial charge in [-0.15, -0.1) is 0 Å². The van der Waals surface area contributed by atoms with E-state index in [-0.39, 0.29) is 0 Å². The van der Waals surface area contributed by atoms with E-state index in [9.17, 15) is 0 Å². The first-order valence-electron chi connectivity index (χ1n) is 11.6. The van der Waals surface area contributed by atoms with Crippen LogP contribution < -0.4 is 0 Å². The van der Waals surface area contributed by atoms with Crippen LogP contribution in [0.5, 0.6) is 0 Å². The fourth-order valence-corrected chi connectivity index (χ4v) is 3.92. The topological polar surface area (TPSA) is 0 Å². The zero-order chi connectivity index (χ0) is 17.9. The summed E-state index contributed by atoms with van der Waals surface area (Å²) in [5.41, 5.74) is 0. The molecule has 0 N–H and O–H groups in total. The van der Waals surface area contributed by atoms with Crippen LogP contribution in [0.4, 0.5) is 0 Å². The molecule has 0 spiro atoms. The summed E-state index contributed by atoms with van der Waals surface area (Å²) in [4.78, 5) is 0. The normalized spacial score (nSPS) is 14.0. The lowest BCUT2D eigenvalue weighted by molar-refractivity contribution is 0.375. The number of rotatable bonds is 19. The Balaban J connectivity index is 4.10. The molecular formula is C24H49. The van der Waals surface area contributed by atoms with E-state index in [2.05, 4.69) is 34.1 Å². The molecular weight excluding hydrogens is 288 g/mol. The molecule has 0 nitrogen and oxygen atoms in total. The van der Waals surface area contributed by atoms with Gasteiger partial charge in [0.25, 0.3) is 0 Å². The molecule has 0 heteroatoms. The molecule has 2 atom stereocenters. The van der Waals surface area contributed by atoms with Crippen LogP contribution in [0.2, 0.25) is 0 Å². The van der Waals surface area contributed by atoms with E-state index in [1.165, 1.54) is 109 Å². The van der Waals surface area contributed by atoms with Gasteiger partial charge in [-0.1, -0.05) is 137 Å². The summed E-state index contributed by atoms with van der Waals surface area (Å²) in [5, 5.41) is 0. The summed E-state index contributed by atoms with van der Waals surface area (Å²) in [6.07, 6.45) is 27.0. The molecule has 0 aromatic carbocycles. The molecule has 0 heterocycles. The standard InChI is InChI=1S/C24H49/c1-5-9-12-14-15-17-20-23(18-8-4)22-24(19-11-7-3)21-16-13-10-6-2/h22-24H,5-21H2,1-4H3. The highest BCUT2D eigenvalue weighted by atomic mass is 14.2. The predicted molar refractivity (Wildman–Crippen MR) is 112 cm³/mol. The van der Waals surface area contributed by atoms with Gasteiger partial charge in [-0.25, -0.2) is 0 Å². The number of hydrogen-bond acceptors (Lipinski definition) is 0. The monoisotopic (exact) mass is 337 g/mol. The van der Waals surface area contributed by atoms with Gasteiger partial charge in [0.15, 0.2) is 0 Å². The van der Waals surface area contributed by atoms with Crippen molar-refractivity contribution in [2.24, 2.45) is 11.8 Å². The quantitative estimate of drug-likeness (QED) is 0.206. The first-order chi connectivity index (χ1) is 11.8. The van der Waals surface area contributed by atoms with Crippen LogP contribution in [0.15, 0.2) is 0 Å². The van der Waals surface area contributed by atoms with Crippen LogP contribution in [0.3, 0.4) is 0 Å². The molecule has 0 aliphatic rings. The Kier molecular flexibility index (Phi) is 19.3. The molecule has 0 rings (SSSR count). The highest BCUT2D eigenvalue weighted by molar-refractivity contribution is 4.84. The van der Waals surface area contributed by atoms with Crippen LogP contribution in [0.1, 0.15) is 137 Å². The molecule has 0 aromatic rings. The minimum atomic E-state index is 0.897. The molecule has 0 bridgehead atoms. The van der Waals surface area contributed by atoms with E-state index in [1.807, 2.05) is 0 Å². The van der Waals surface area contributed by atoms with Crippen molar-refractivity contribution in [3.63, 3.8) is 0 Å². The maximum Gasteiger partial charge on any atom is -0.0324 e. The Morgan fingerprint density at radius 2 is 0.833 bits per heavy atom.